The first-order valence-electron chi connectivity index (χ1n) is 12.1. The molecule has 0 radical (unpaired) electrons. The number of carbonyl (C=O) groups excluding carboxylic acids is 2. The molecule has 6 heteroatoms. The molecule has 0 fully saturated rings. The second-order valence-corrected chi connectivity index (χ2v) is 12.6. The van der Waals surface area contributed by atoms with Crippen LogP contribution in [0.3, 0.4) is 0 Å². The first-order chi connectivity index (χ1) is 15.3. The third-order valence-corrected chi connectivity index (χ3v) is 6.02. The van der Waals surface area contributed by atoms with Crippen molar-refractivity contribution in [3.05, 3.63) is 40.3 Å². The van der Waals surface area contributed by atoms with E-state index in [1.807, 2.05) is 20.8 Å². The summed E-state index contributed by atoms with van der Waals surface area (Å²) >= 11 is 3.86. The van der Waals surface area contributed by atoms with E-state index in [1.54, 1.807) is 0 Å². The van der Waals surface area contributed by atoms with Crippen LogP contribution in [0.5, 0.6) is 5.75 Å². The maximum atomic E-state index is 12.9. The lowest BCUT2D eigenvalue weighted by Crippen LogP contribution is -2.47. The third kappa shape index (κ3) is 9.36. The van der Waals surface area contributed by atoms with E-state index in [0.29, 0.717) is 31.6 Å². The summed E-state index contributed by atoms with van der Waals surface area (Å²) in [7, 11) is 0. The van der Waals surface area contributed by atoms with Gasteiger partial charge in [0.05, 0.1) is 11.5 Å². The van der Waals surface area contributed by atoms with Crippen molar-refractivity contribution in [2.75, 3.05) is 6.61 Å². The molecule has 0 saturated carbocycles. The molecule has 1 unspecified atom stereocenters. The van der Waals surface area contributed by atoms with Crippen molar-refractivity contribution in [2.45, 2.75) is 104 Å². The van der Waals surface area contributed by atoms with Crippen LogP contribution in [0.1, 0.15) is 98.3 Å². The van der Waals surface area contributed by atoms with E-state index in [2.05, 4.69) is 78.2 Å². The van der Waals surface area contributed by atoms with Crippen LogP contribution in [0.2, 0.25) is 0 Å². The Balaban J connectivity index is 2.83. The van der Waals surface area contributed by atoms with Gasteiger partial charge in [-0.2, -0.15) is 0 Å². The smallest absolute Gasteiger partial charge is 0.343 e. The summed E-state index contributed by atoms with van der Waals surface area (Å²) in [5.41, 5.74) is 2.10. The molecule has 1 aromatic rings. The van der Waals surface area contributed by atoms with E-state index < -0.39 is 11.5 Å². The highest BCUT2D eigenvalue weighted by Gasteiger charge is 2.29. The van der Waals surface area contributed by atoms with E-state index in [9.17, 15) is 14.7 Å². The largest absolute Gasteiger partial charge is 0.507 e. The van der Waals surface area contributed by atoms with E-state index in [4.69, 9.17) is 4.74 Å². The molecule has 1 rings (SSSR count). The van der Waals surface area contributed by atoms with Crippen molar-refractivity contribution >= 4 is 24.5 Å². The molecule has 0 spiro atoms. The molecule has 1 amide bonds. The summed E-state index contributed by atoms with van der Waals surface area (Å²) in [6, 6.07) is 4.14. The molecule has 1 aromatic carbocycles. The fourth-order valence-corrected chi connectivity index (χ4v) is 3.95. The SMILES string of the molecule is C=C(S)C(=O)OCCCCC(C)C(=O)NC(C)(C)Cc1cc(C(C)(C)C)c(O)c(C(C)(C)C)c1. The Morgan fingerprint density at radius 2 is 1.53 bits per heavy atom. The van der Waals surface area contributed by atoms with Gasteiger partial charge in [-0.25, -0.2) is 4.79 Å². The lowest BCUT2D eigenvalue weighted by Gasteiger charge is -2.32. The molecule has 192 valence electrons. The topological polar surface area (TPSA) is 75.6 Å². The van der Waals surface area contributed by atoms with E-state index >= 15 is 0 Å². The maximum absolute atomic E-state index is 12.9. The monoisotopic (exact) mass is 491 g/mol. The van der Waals surface area contributed by atoms with E-state index in [1.165, 1.54) is 0 Å². The fraction of sp³-hybridized carbons (Fsp3) is 0.643. The number of hydrogen-bond donors (Lipinski definition) is 3. The number of benzene rings is 1. The highest BCUT2D eigenvalue weighted by Crippen LogP contribution is 2.40. The minimum Gasteiger partial charge on any atom is -0.507 e. The van der Waals surface area contributed by atoms with Crippen LogP contribution in [0, 0.1) is 5.92 Å². The quantitative estimate of drug-likeness (QED) is 0.157. The number of nitrogens with one attached hydrogen (secondary N) is 1. The van der Waals surface area contributed by atoms with Gasteiger partial charge in [0.1, 0.15) is 5.75 Å². The summed E-state index contributed by atoms with van der Waals surface area (Å²) in [5, 5.41) is 14.2. The van der Waals surface area contributed by atoms with Crippen molar-refractivity contribution < 1.29 is 19.4 Å². The van der Waals surface area contributed by atoms with Gasteiger partial charge in [-0.1, -0.05) is 67.2 Å². The van der Waals surface area contributed by atoms with Crippen molar-refractivity contribution in [2.24, 2.45) is 5.92 Å². The predicted octanol–water partition coefficient (Wildman–Crippen LogP) is 6.22. The van der Waals surface area contributed by atoms with Gasteiger partial charge in [-0.3, -0.25) is 4.79 Å². The third-order valence-electron chi connectivity index (χ3n) is 5.84. The molecule has 0 bridgehead atoms. The second-order valence-electron chi connectivity index (χ2n) is 12.1. The fourth-order valence-electron chi connectivity index (χ4n) is 3.88. The van der Waals surface area contributed by atoms with Crippen LogP contribution < -0.4 is 5.32 Å². The highest BCUT2D eigenvalue weighted by molar-refractivity contribution is 7.85. The first-order valence-corrected chi connectivity index (χ1v) is 12.5. The van der Waals surface area contributed by atoms with Gasteiger partial charge in [0, 0.05) is 11.5 Å². The van der Waals surface area contributed by atoms with Crippen LogP contribution in [0.25, 0.3) is 0 Å². The van der Waals surface area contributed by atoms with Crippen LogP contribution in [0.15, 0.2) is 23.6 Å². The van der Waals surface area contributed by atoms with E-state index in [0.717, 1.165) is 23.1 Å². The molecule has 0 aliphatic carbocycles. The number of ether oxygens (including phenoxy) is 1. The molecule has 5 nitrogen and oxygen atoms in total. The Labute approximate surface area is 212 Å². The number of rotatable bonds is 10. The number of phenolic OH excluding ortho intramolecular Hbond substituents is 1. The van der Waals surface area contributed by atoms with Crippen LogP contribution in [0.4, 0.5) is 0 Å². The van der Waals surface area contributed by atoms with Gasteiger partial charge >= 0.3 is 5.97 Å². The number of carbonyl (C=O) groups is 2. The number of phenols is 1. The number of hydrogen-bond acceptors (Lipinski definition) is 5. The number of amides is 1. The summed E-state index contributed by atoms with van der Waals surface area (Å²) in [6.45, 7) is 22.3. The summed E-state index contributed by atoms with van der Waals surface area (Å²) in [4.78, 5) is 24.3. The zero-order chi connectivity index (χ0) is 26.5. The minimum absolute atomic E-state index is 0.0107. The lowest BCUT2D eigenvalue weighted by atomic mass is 9.77. The van der Waals surface area contributed by atoms with Crippen LogP contribution >= 0.6 is 12.6 Å². The normalized spacial score (nSPS) is 13.4. The van der Waals surface area contributed by atoms with Crippen molar-refractivity contribution in [3.8, 4) is 5.75 Å². The zero-order valence-electron chi connectivity index (χ0n) is 22.6. The minimum atomic E-state index is -0.505. The Morgan fingerprint density at radius 3 is 1.97 bits per heavy atom. The highest BCUT2D eigenvalue weighted by atomic mass is 32.1. The molecule has 0 aliphatic heterocycles. The number of unbranched alkanes of at least 4 members (excludes halogenated alkanes) is 1. The van der Waals surface area contributed by atoms with Gasteiger partial charge in [0.2, 0.25) is 5.91 Å². The molecule has 1 atom stereocenters. The second kappa shape index (κ2) is 11.7. The predicted molar refractivity (Wildman–Crippen MR) is 144 cm³/mol. The average Bonchev–Trinajstić information content (AvgIpc) is 2.65. The molecule has 0 aromatic heterocycles. The zero-order valence-corrected chi connectivity index (χ0v) is 23.5. The van der Waals surface area contributed by atoms with Crippen molar-refractivity contribution in [1.82, 2.24) is 5.32 Å². The average molecular weight is 492 g/mol. The molecule has 0 heterocycles. The lowest BCUT2D eigenvalue weighted by molar-refractivity contribution is -0.138. The summed E-state index contributed by atoms with van der Waals surface area (Å²) in [6.07, 6.45) is 2.83. The molecule has 0 saturated heterocycles. The number of thiol groups is 1. The van der Waals surface area contributed by atoms with Gasteiger partial charge in [-0.05, 0) is 67.1 Å². The summed E-state index contributed by atoms with van der Waals surface area (Å²) in [5.74, 6) is -0.278. The Kier molecular flexibility index (Phi) is 10.3. The number of esters is 1. The summed E-state index contributed by atoms with van der Waals surface area (Å²) < 4.78 is 5.03. The molecule has 34 heavy (non-hydrogen) atoms. The number of aromatic hydroxyl groups is 1. The molecular weight excluding hydrogens is 446 g/mol. The van der Waals surface area contributed by atoms with Crippen molar-refractivity contribution in [3.63, 3.8) is 0 Å². The molecular formula is C28H45NO4S. The standard InChI is InChI=1S/C28H45NO4S/c1-18(13-11-12-14-33-25(32)19(2)34)24(31)29-28(9,10)17-20-15-21(26(3,4)5)23(30)22(16-20)27(6,7)8/h15-16,18,30,34H,2,11-14,17H2,1,3-10H3,(H,29,31). The van der Waals surface area contributed by atoms with Gasteiger partial charge in [0.25, 0.3) is 0 Å². The first kappa shape index (κ1) is 30.1. The van der Waals surface area contributed by atoms with E-state index in [-0.39, 0.29) is 27.6 Å². The van der Waals surface area contributed by atoms with Crippen LogP contribution in [-0.2, 0) is 31.6 Å². The van der Waals surface area contributed by atoms with Gasteiger partial charge < -0.3 is 15.2 Å². The Bertz CT molecular complexity index is 856. The van der Waals surface area contributed by atoms with Gasteiger partial charge in [0.15, 0.2) is 0 Å². The molecule has 2 N–H and O–H groups in total. The van der Waals surface area contributed by atoms with Gasteiger partial charge in [-0.15, -0.1) is 12.6 Å². The Morgan fingerprint density at radius 1 is 1.03 bits per heavy atom. The molecule has 0 aliphatic rings. The Hall–Kier alpha value is -1.95. The van der Waals surface area contributed by atoms with Crippen molar-refractivity contribution in [1.29, 1.82) is 0 Å². The maximum Gasteiger partial charge on any atom is 0.343 e. The van der Waals surface area contributed by atoms with Crippen LogP contribution in [-0.4, -0.2) is 29.1 Å².